The van der Waals surface area contributed by atoms with Gasteiger partial charge in [0.2, 0.25) is 0 Å². The van der Waals surface area contributed by atoms with Crippen molar-refractivity contribution in [2.75, 3.05) is 0 Å². The molecule has 2 saturated carbocycles. The molecule has 0 bridgehead atoms. The monoisotopic (exact) mass is 314 g/mol. The van der Waals surface area contributed by atoms with Gasteiger partial charge in [0.25, 0.3) is 0 Å². The van der Waals surface area contributed by atoms with Crippen LogP contribution in [0, 0.1) is 22.7 Å². The van der Waals surface area contributed by atoms with E-state index in [2.05, 4.69) is 33.8 Å². The average Bonchev–Trinajstić information content (AvgIpc) is 3.14. The highest BCUT2D eigenvalue weighted by molar-refractivity contribution is 5.85. The maximum atomic E-state index is 12.2. The first kappa shape index (κ1) is 14.3. The van der Waals surface area contributed by atoms with Gasteiger partial charge in [0.05, 0.1) is 6.10 Å². The summed E-state index contributed by atoms with van der Waals surface area (Å²) in [6.45, 7) is 9.27. The zero-order chi connectivity index (χ0) is 16.2. The van der Waals surface area contributed by atoms with Crippen molar-refractivity contribution >= 4 is 5.97 Å². The summed E-state index contributed by atoms with van der Waals surface area (Å²) in [6, 6.07) is 0. The molecule has 124 valence electrons. The van der Waals surface area contributed by atoms with E-state index in [0.29, 0.717) is 23.4 Å². The molecule has 2 heterocycles. The molecule has 5 aliphatic rings. The Morgan fingerprint density at radius 2 is 1.96 bits per heavy atom. The molecule has 3 fully saturated rings. The van der Waals surface area contributed by atoms with Crippen molar-refractivity contribution in [1.29, 1.82) is 0 Å². The Hall–Kier alpha value is -1.09. The summed E-state index contributed by atoms with van der Waals surface area (Å²) < 4.78 is 12.0. The molecule has 1 saturated heterocycles. The molecule has 0 aromatic rings. The van der Waals surface area contributed by atoms with Crippen molar-refractivity contribution in [3.8, 4) is 0 Å². The second kappa shape index (κ2) is 3.93. The van der Waals surface area contributed by atoms with Crippen LogP contribution in [0.5, 0.6) is 0 Å². The molecule has 3 aliphatic carbocycles. The summed E-state index contributed by atoms with van der Waals surface area (Å²) in [5.41, 5.74) is 2.74. The van der Waals surface area contributed by atoms with E-state index < -0.39 is 0 Å². The van der Waals surface area contributed by atoms with Gasteiger partial charge < -0.3 is 9.47 Å². The molecule has 23 heavy (non-hydrogen) atoms. The Morgan fingerprint density at radius 1 is 1.17 bits per heavy atom. The third kappa shape index (κ3) is 1.49. The Labute approximate surface area is 138 Å². The lowest BCUT2D eigenvalue weighted by Crippen LogP contribution is -2.63. The van der Waals surface area contributed by atoms with E-state index in [1.54, 1.807) is 6.08 Å². The summed E-state index contributed by atoms with van der Waals surface area (Å²) in [7, 11) is 0. The van der Waals surface area contributed by atoms with E-state index in [1.165, 1.54) is 24.0 Å². The molecule has 2 aliphatic heterocycles. The fourth-order valence-electron chi connectivity index (χ4n) is 6.84. The summed E-state index contributed by atoms with van der Waals surface area (Å²) >= 11 is 0. The quantitative estimate of drug-likeness (QED) is 0.388. The van der Waals surface area contributed by atoms with Gasteiger partial charge >= 0.3 is 5.97 Å². The molecule has 0 N–H and O–H groups in total. The number of ether oxygens (including phenoxy) is 2. The lowest BCUT2D eigenvalue weighted by atomic mass is 9.42. The van der Waals surface area contributed by atoms with Crippen LogP contribution in [0.2, 0.25) is 0 Å². The van der Waals surface area contributed by atoms with Gasteiger partial charge in [-0.2, -0.15) is 0 Å². The number of carbonyl (C=O) groups excluding carboxylic acids is 1. The Kier molecular flexibility index (Phi) is 2.44. The van der Waals surface area contributed by atoms with Gasteiger partial charge in [-0.05, 0) is 62.4 Å². The van der Waals surface area contributed by atoms with Crippen LogP contribution in [0.3, 0.4) is 0 Å². The summed E-state index contributed by atoms with van der Waals surface area (Å²) in [5, 5.41) is 0. The van der Waals surface area contributed by atoms with Crippen LogP contribution in [-0.4, -0.2) is 23.8 Å². The predicted molar refractivity (Wildman–Crippen MR) is 86.7 cm³/mol. The standard InChI is InChI=1S/C20H26O3/c1-11-6-5-7-18(2)12(11)8-15-19(3)13(18)9-16-20(4,23-16)14(19)10-17(21)22-15/h6,10,12-13,15-16H,5,7-9H2,1-4H3/t12-,13+,15+,16-,18-,19+,20+/m0/s1. The molecule has 0 spiro atoms. The number of hydrogen-bond donors (Lipinski definition) is 0. The van der Waals surface area contributed by atoms with E-state index >= 15 is 0 Å². The third-order valence-corrected chi connectivity index (χ3v) is 8.16. The van der Waals surface area contributed by atoms with E-state index in [0.717, 1.165) is 12.8 Å². The molecule has 3 nitrogen and oxygen atoms in total. The minimum atomic E-state index is -0.217. The number of rotatable bonds is 0. The zero-order valence-corrected chi connectivity index (χ0v) is 14.5. The lowest BCUT2D eigenvalue weighted by Gasteiger charge is -2.63. The molecule has 0 aromatic heterocycles. The van der Waals surface area contributed by atoms with Gasteiger partial charge in [0.15, 0.2) is 0 Å². The zero-order valence-electron chi connectivity index (χ0n) is 14.5. The van der Waals surface area contributed by atoms with Crippen molar-refractivity contribution in [1.82, 2.24) is 0 Å². The van der Waals surface area contributed by atoms with Crippen molar-refractivity contribution in [3.05, 3.63) is 23.3 Å². The molecule has 0 amide bonds. The fraction of sp³-hybridized carbons (Fsp3) is 0.750. The minimum Gasteiger partial charge on any atom is -0.458 e. The molecule has 0 aromatic carbocycles. The van der Waals surface area contributed by atoms with Crippen LogP contribution in [-0.2, 0) is 14.3 Å². The smallest absolute Gasteiger partial charge is 0.331 e. The maximum Gasteiger partial charge on any atom is 0.331 e. The van der Waals surface area contributed by atoms with Crippen molar-refractivity contribution in [2.24, 2.45) is 22.7 Å². The summed E-state index contributed by atoms with van der Waals surface area (Å²) in [5.74, 6) is 0.900. The van der Waals surface area contributed by atoms with E-state index in [-0.39, 0.29) is 23.1 Å². The maximum absolute atomic E-state index is 12.2. The first-order chi connectivity index (χ1) is 10.8. The largest absolute Gasteiger partial charge is 0.458 e. The van der Waals surface area contributed by atoms with Crippen LogP contribution in [0.4, 0.5) is 0 Å². The molecule has 7 atom stereocenters. The molecular weight excluding hydrogens is 288 g/mol. The highest BCUT2D eigenvalue weighted by atomic mass is 16.6. The van der Waals surface area contributed by atoms with Crippen LogP contribution < -0.4 is 0 Å². The van der Waals surface area contributed by atoms with Gasteiger partial charge in [-0.15, -0.1) is 0 Å². The summed E-state index contributed by atoms with van der Waals surface area (Å²) in [6.07, 6.45) is 8.95. The van der Waals surface area contributed by atoms with E-state index in [4.69, 9.17) is 9.47 Å². The van der Waals surface area contributed by atoms with Crippen molar-refractivity contribution in [2.45, 2.75) is 71.2 Å². The second-order valence-corrected chi connectivity index (χ2v) is 9.05. The molecular formula is C20H26O3. The lowest BCUT2D eigenvalue weighted by molar-refractivity contribution is -0.178. The first-order valence-electron chi connectivity index (χ1n) is 9.08. The number of allylic oxidation sites excluding steroid dienone is 2. The minimum absolute atomic E-state index is 0.00139. The molecule has 5 rings (SSSR count). The second-order valence-electron chi connectivity index (χ2n) is 9.05. The van der Waals surface area contributed by atoms with Crippen LogP contribution in [0.15, 0.2) is 23.3 Å². The molecule has 0 radical (unpaired) electrons. The first-order valence-corrected chi connectivity index (χ1v) is 9.08. The van der Waals surface area contributed by atoms with Crippen molar-refractivity contribution < 1.29 is 14.3 Å². The number of hydrogen-bond acceptors (Lipinski definition) is 3. The van der Waals surface area contributed by atoms with Gasteiger partial charge in [-0.25, -0.2) is 4.79 Å². The molecule has 0 unspecified atom stereocenters. The predicted octanol–water partition coefficient (Wildman–Crippen LogP) is 3.79. The Morgan fingerprint density at radius 3 is 2.74 bits per heavy atom. The van der Waals surface area contributed by atoms with Gasteiger partial charge in [0.1, 0.15) is 11.7 Å². The van der Waals surface area contributed by atoms with Gasteiger partial charge in [0, 0.05) is 11.5 Å². The SMILES string of the molecule is CC1=CCC[C@]2(C)[C@H]3C[C@@H]4O[C@]4(C)C4=CC(=O)O[C@H](C[C@@H]12)[C@@]43C. The average molecular weight is 314 g/mol. The summed E-state index contributed by atoms with van der Waals surface area (Å²) in [4.78, 5) is 12.2. The van der Waals surface area contributed by atoms with E-state index in [1.807, 2.05) is 0 Å². The normalized spacial score (nSPS) is 56.4. The van der Waals surface area contributed by atoms with Crippen LogP contribution >= 0.6 is 0 Å². The van der Waals surface area contributed by atoms with Crippen LogP contribution in [0.1, 0.15) is 53.4 Å². The van der Waals surface area contributed by atoms with Gasteiger partial charge in [-0.1, -0.05) is 25.5 Å². The highest BCUT2D eigenvalue weighted by Crippen LogP contribution is 2.72. The third-order valence-electron chi connectivity index (χ3n) is 8.16. The number of epoxide rings is 1. The van der Waals surface area contributed by atoms with Crippen LogP contribution in [0.25, 0.3) is 0 Å². The fourth-order valence-corrected chi connectivity index (χ4v) is 6.84. The van der Waals surface area contributed by atoms with Gasteiger partial charge in [-0.3, -0.25) is 0 Å². The topological polar surface area (TPSA) is 38.8 Å². The number of carbonyl (C=O) groups is 1. The van der Waals surface area contributed by atoms with Crippen molar-refractivity contribution in [3.63, 3.8) is 0 Å². The Bertz CT molecular complexity index is 676. The van der Waals surface area contributed by atoms with E-state index in [9.17, 15) is 4.79 Å². The Balaban J connectivity index is 1.70. The number of esters is 1. The molecule has 3 heteroatoms. The highest BCUT2D eigenvalue weighted by Gasteiger charge is 2.73. The number of fused-ring (bicyclic) bond motifs is 4.